The zero-order valence-corrected chi connectivity index (χ0v) is 14.2. The lowest BCUT2D eigenvalue weighted by Crippen LogP contribution is -2.14. The molecule has 2 aromatic carbocycles. The van der Waals surface area contributed by atoms with Crippen molar-refractivity contribution in [2.24, 2.45) is 0 Å². The van der Waals surface area contributed by atoms with E-state index < -0.39 is 17.8 Å². The topological polar surface area (TPSA) is 52.6 Å². The van der Waals surface area contributed by atoms with Crippen molar-refractivity contribution in [1.29, 1.82) is 0 Å². The van der Waals surface area contributed by atoms with Crippen molar-refractivity contribution in [2.75, 3.05) is 6.61 Å². The zero-order valence-electron chi connectivity index (χ0n) is 14.2. The Morgan fingerprint density at radius 1 is 0.880 bits per heavy atom. The molecule has 0 aliphatic rings. The second-order valence-electron chi connectivity index (χ2n) is 5.56. The minimum Gasteiger partial charge on any atom is -0.462 e. The zero-order chi connectivity index (χ0) is 18.1. The van der Waals surface area contributed by atoms with Crippen LogP contribution in [0.1, 0.15) is 52.5 Å². The lowest BCUT2D eigenvalue weighted by molar-refractivity contribution is 0.0434. The smallest absolute Gasteiger partial charge is 0.339 e. The number of hydrogen-bond acceptors (Lipinski definition) is 4. The van der Waals surface area contributed by atoms with E-state index in [0.717, 1.165) is 19.3 Å². The number of rotatable bonds is 8. The van der Waals surface area contributed by atoms with Gasteiger partial charge in [0.25, 0.3) is 0 Å². The molecule has 0 heterocycles. The molecule has 0 radical (unpaired) electrons. The molecule has 0 bridgehead atoms. The Bertz CT molecular complexity index is 727. The third-order valence-corrected chi connectivity index (χ3v) is 3.66. The normalized spacial score (nSPS) is 10.3. The van der Waals surface area contributed by atoms with Gasteiger partial charge in [0, 0.05) is 5.56 Å². The van der Waals surface area contributed by atoms with E-state index in [9.17, 15) is 14.0 Å². The van der Waals surface area contributed by atoms with Gasteiger partial charge >= 0.3 is 11.9 Å². The highest BCUT2D eigenvalue weighted by Crippen LogP contribution is 2.15. The van der Waals surface area contributed by atoms with E-state index in [2.05, 4.69) is 6.92 Å². The van der Waals surface area contributed by atoms with Crippen LogP contribution in [0.2, 0.25) is 0 Å². The molecular weight excluding hydrogens is 323 g/mol. The third kappa shape index (κ3) is 5.41. The van der Waals surface area contributed by atoms with Crippen molar-refractivity contribution >= 4 is 11.9 Å². The summed E-state index contributed by atoms with van der Waals surface area (Å²) in [5.41, 5.74) is 0.535. The Morgan fingerprint density at radius 2 is 1.48 bits per heavy atom. The number of halogens is 1. The molecule has 0 fully saturated rings. The second-order valence-corrected chi connectivity index (χ2v) is 5.56. The van der Waals surface area contributed by atoms with Crippen molar-refractivity contribution in [1.82, 2.24) is 0 Å². The summed E-state index contributed by atoms with van der Waals surface area (Å²) in [7, 11) is 0. The average molecular weight is 344 g/mol. The first-order valence-electron chi connectivity index (χ1n) is 8.30. The molecule has 0 aromatic heterocycles. The van der Waals surface area contributed by atoms with Crippen LogP contribution in [0.5, 0.6) is 0 Å². The molecule has 0 saturated carbocycles. The number of unbranched alkanes of at least 4 members (excludes halogenated alkanes) is 2. The standard InChI is InChI=1S/C20H21FO4/c1-2-3-8-13-24-19(22)16-10-5-6-11-17(16)20(23)25-14-15-9-4-7-12-18(15)21/h4-7,9-12H,2-3,8,13-14H2,1H3. The summed E-state index contributed by atoms with van der Waals surface area (Å²) >= 11 is 0. The summed E-state index contributed by atoms with van der Waals surface area (Å²) in [6.07, 6.45) is 2.78. The van der Waals surface area contributed by atoms with Gasteiger partial charge in [-0.3, -0.25) is 0 Å². The number of esters is 2. The molecule has 132 valence electrons. The van der Waals surface area contributed by atoms with E-state index in [1.165, 1.54) is 24.3 Å². The first-order chi connectivity index (χ1) is 12.1. The van der Waals surface area contributed by atoms with Gasteiger partial charge in [0.15, 0.2) is 0 Å². The molecule has 0 N–H and O–H groups in total. The summed E-state index contributed by atoms with van der Waals surface area (Å²) < 4.78 is 23.9. The van der Waals surface area contributed by atoms with Crippen molar-refractivity contribution in [3.05, 3.63) is 71.0 Å². The highest BCUT2D eigenvalue weighted by molar-refractivity contribution is 6.03. The molecule has 0 aliphatic heterocycles. The summed E-state index contributed by atoms with van der Waals surface area (Å²) in [6.45, 7) is 2.17. The predicted octanol–water partition coefficient (Wildman–Crippen LogP) is 4.53. The van der Waals surface area contributed by atoms with E-state index in [4.69, 9.17) is 9.47 Å². The molecule has 0 aliphatic carbocycles. The predicted molar refractivity (Wildman–Crippen MR) is 91.8 cm³/mol. The van der Waals surface area contributed by atoms with Gasteiger partial charge < -0.3 is 9.47 Å². The summed E-state index contributed by atoms with van der Waals surface area (Å²) in [5.74, 6) is -1.70. The van der Waals surface area contributed by atoms with Gasteiger partial charge in [0.2, 0.25) is 0 Å². The number of ether oxygens (including phenoxy) is 2. The van der Waals surface area contributed by atoms with Gasteiger partial charge in [-0.25, -0.2) is 14.0 Å². The minimum absolute atomic E-state index is 0.110. The Kier molecular flexibility index (Phi) is 7.14. The summed E-state index contributed by atoms with van der Waals surface area (Å²) in [6, 6.07) is 12.3. The van der Waals surface area contributed by atoms with Crippen LogP contribution in [-0.2, 0) is 16.1 Å². The van der Waals surface area contributed by atoms with Crippen LogP contribution >= 0.6 is 0 Å². The van der Waals surface area contributed by atoms with E-state index in [-0.39, 0.29) is 23.3 Å². The maximum atomic E-state index is 13.6. The molecule has 5 heteroatoms. The number of carbonyl (C=O) groups is 2. The number of hydrogen-bond donors (Lipinski definition) is 0. The van der Waals surface area contributed by atoms with Crippen molar-refractivity contribution in [2.45, 2.75) is 32.8 Å². The van der Waals surface area contributed by atoms with Crippen LogP contribution in [0.15, 0.2) is 48.5 Å². The molecule has 0 saturated heterocycles. The molecule has 25 heavy (non-hydrogen) atoms. The van der Waals surface area contributed by atoms with Gasteiger partial charge in [-0.15, -0.1) is 0 Å². The van der Waals surface area contributed by atoms with Crippen molar-refractivity contribution in [3.63, 3.8) is 0 Å². The lowest BCUT2D eigenvalue weighted by Gasteiger charge is -2.10. The maximum absolute atomic E-state index is 13.6. The van der Waals surface area contributed by atoms with E-state index in [0.29, 0.717) is 6.61 Å². The Balaban J connectivity index is 2.02. The molecule has 0 amide bonds. The Morgan fingerprint density at radius 3 is 2.12 bits per heavy atom. The van der Waals surface area contributed by atoms with Gasteiger partial charge in [-0.05, 0) is 24.6 Å². The van der Waals surface area contributed by atoms with Crippen LogP contribution in [-0.4, -0.2) is 18.5 Å². The van der Waals surface area contributed by atoms with Gasteiger partial charge in [-0.2, -0.15) is 0 Å². The van der Waals surface area contributed by atoms with Crippen LogP contribution in [0.3, 0.4) is 0 Å². The van der Waals surface area contributed by atoms with E-state index >= 15 is 0 Å². The van der Waals surface area contributed by atoms with Crippen molar-refractivity contribution in [3.8, 4) is 0 Å². The van der Waals surface area contributed by atoms with Crippen LogP contribution in [0.25, 0.3) is 0 Å². The fraction of sp³-hybridized carbons (Fsp3) is 0.300. The first-order valence-corrected chi connectivity index (χ1v) is 8.30. The fourth-order valence-corrected chi connectivity index (χ4v) is 2.27. The van der Waals surface area contributed by atoms with E-state index in [1.807, 2.05) is 0 Å². The highest BCUT2D eigenvalue weighted by Gasteiger charge is 2.19. The molecule has 0 atom stereocenters. The van der Waals surface area contributed by atoms with E-state index in [1.54, 1.807) is 24.3 Å². The SMILES string of the molecule is CCCCCOC(=O)c1ccccc1C(=O)OCc1ccccc1F. The van der Waals surface area contributed by atoms with Crippen LogP contribution in [0.4, 0.5) is 4.39 Å². The number of carbonyl (C=O) groups excluding carboxylic acids is 2. The molecular formula is C20H21FO4. The Labute approximate surface area is 146 Å². The number of benzene rings is 2. The van der Waals surface area contributed by atoms with Crippen LogP contribution in [0, 0.1) is 5.82 Å². The molecule has 4 nitrogen and oxygen atoms in total. The largest absolute Gasteiger partial charge is 0.462 e. The van der Waals surface area contributed by atoms with Crippen LogP contribution < -0.4 is 0 Å². The highest BCUT2D eigenvalue weighted by atomic mass is 19.1. The van der Waals surface area contributed by atoms with Gasteiger partial charge in [-0.1, -0.05) is 50.1 Å². The molecule has 0 spiro atoms. The second kappa shape index (κ2) is 9.57. The monoisotopic (exact) mass is 344 g/mol. The summed E-state index contributed by atoms with van der Waals surface area (Å²) in [5, 5.41) is 0. The molecule has 0 unspecified atom stereocenters. The lowest BCUT2D eigenvalue weighted by atomic mass is 10.1. The maximum Gasteiger partial charge on any atom is 0.339 e. The molecule has 2 rings (SSSR count). The quantitative estimate of drug-likeness (QED) is 0.521. The van der Waals surface area contributed by atoms with Gasteiger partial charge in [0.1, 0.15) is 12.4 Å². The minimum atomic E-state index is -0.690. The molecule has 2 aromatic rings. The first kappa shape index (κ1) is 18.6. The fourth-order valence-electron chi connectivity index (χ4n) is 2.27. The van der Waals surface area contributed by atoms with Gasteiger partial charge in [0.05, 0.1) is 17.7 Å². The van der Waals surface area contributed by atoms with Crippen molar-refractivity contribution < 1.29 is 23.5 Å². The summed E-state index contributed by atoms with van der Waals surface area (Å²) in [4.78, 5) is 24.4. The third-order valence-electron chi connectivity index (χ3n) is 3.66. The average Bonchev–Trinajstić information content (AvgIpc) is 2.64. The Hall–Kier alpha value is -2.69.